The number of nitrogens with zero attached hydrogens (tertiary/aromatic N) is 5. The molecule has 3 N–H and O–H groups in total. The molecule has 10 heteroatoms. The number of ether oxygens (including phenoxy) is 1. The van der Waals surface area contributed by atoms with E-state index in [1.807, 2.05) is 12.1 Å². The van der Waals surface area contributed by atoms with E-state index in [-0.39, 0.29) is 11.9 Å². The standard InChI is InChI=1S/C23H26N8O2/c1-4-15-12-16(23(33-3)26-13-15)18-6-5-10-30(18)20-8-11-31-21(29-20)17(14-27-31)22(32)28-19(24)7-9-25-2/h4,7-9,11-14,18,25H,1,5-6,10H2,2-3H3,(H2,24,28,32)/b9-7-/t18-/m1/s1. The molecule has 4 heterocycles. The first-order valence-electron chi connectivity index (χ1n) is 10.6. The lowest BCUT2D eigenvalue weighted by Gasteiger charge is -2.27. The smallest absolute Gasteiger partial charge is 0.262 e. The first-order chi connectivity index (χ1) is 16.0. The van der Waals surface area contributed by atoms with Crippen molar-refractivity contribution in [2.75, 3.05) is 25.6 Å². The summed E-state index contributed by atoms with van der Waals surface area (Å²) in [6.07, 6.45) is 11.7. The SMILES string of the molecule is C=Cc1cnc(OC)c([C@H]2CCCN2c2ccn3ncc(C(=O)NC(=N)/C=C\NC)c3n2)c1. The van der Waals surface area contributed by atoms with Crippen LogP contribution in [0.2, 0.25) is 0 Å². The Bertz CT molecular complexity index is 1230. The second-order valence-electron chi connectivity index (χ2n) is 7.52. The molecule has 33 heavy (non-hydrogen) atoms. The molecular formula is C23H26N8O2. The Labute approximate surface area is 191 Å². The monoisotopic (exact) mass is 446 g/mol. The summed E-state index contributed by atoms with van der Waals surface area (Å²) in [5, 5.41) is 17.4. The van der Waals surface area contributed by atoms with Gasteiger partial charge in [-0.1, -0.05) is 12.7 Å². The Morgan fingerprint density at radius 1 is 1.39 bits per heavy atom. The molecule has 0 radical (unpaired) electrons. The van der Waals surface area contributed by atoms with Crippen molar-refractivity contribution in [1.29, 1.82) is 5.41 Å². The van der Waals surface area contributed by atoms with Gasteiger partial charge in [-0.2, -0.15) is 5.10 Å². The van der Waals surface area contributed by atoms with Gasteiger partial charge in [-0.15, -0.1) is 0 Å². The minimum Gasteiger partial charge on any atom is -0.481 e. The average molecular weight is 447 g/mol. The Kier molecular flexibility index (Phi) is 6.34. The fourth-order valence-electron chi connectivity index (χ4n) is 3.95. The zero-order valence-corrected chi connectivity index (χ0v) is 18.6. The molecule has 0 aromatic carbocycles. The van der Waals surface area contributed by atoms with Crippen molar-refractivity contribution in [1.82, 2.24) is 30.2 Å². The van der Waals surface area contributed by atoms with Gasteiger partial charge in [0.1, 0.15) is 17.2 Å². The molecule has 0 saturated carbocycles. The highest BCUT2D eigenvalue weighted by Gasteiger charge is 2.30. The van der Waals surface area contributed by atoms with Crippen LogP contribution in [0.25, 0.3) is 11.7 Å². The van der Waals surface area contributed by atoms with Gasteiger partial charge in [0.25, 0.3) is 5.91 Å². The summed E-state index contributed by atoms with van der Waals surface area (Å²) in [5.74, 6) is 0.834. The van der Waals surface area contributed by atoms with Crippen LogP contribution in [0.1, 0.15) is 40.4 Å². The van der Waals surface area contributed by atoms with Crippen molar-refractivity contribution >= 4 is 29.3 Å². The van der Waals surface area contributed by atoms with Crippen LogP contribution in [0.5, 0.6) is 5.88 Å². The van der Waals surface area contributed by atoms with Crippen molar-refractivity contribution in [3.8, 4) is 5.88 Å². The largest absolute Gasteiger partial charge is 0.481 e. The van der Waals surface area contributed by atoms with Gasteiger partial charge in [0.2, 0.25) is 5.88 Å². The lowest BCUT2D eigenvalue weighted by molar-refractivity contribution is 0.0978. The molecule has 3 aromatic heterocycles. The van der Waals surface area contributed by atoms with E-state index in [4.69, 9.17) is 15.1 Å². The lowest BCUT2D eigenvalue weighted by Crippen LogP contribution is -2.29. The second kappa shape index (κ2) is 9.51. The Morgan fingerprint density at radius 2 is 2.24 bits per heavy atom. The summed E-state index contributed by atoms with van der Waals surface area (Å²) in [4.78, 5) is 24.1. The average Bonchev–Trinajstić information content (AvgIpc) is 3.49. The minimum absolute atomic E-state index is 0.0300. The summed E-state index contributed by atoms with van der Waals surface area (Å²) in [6, 6.07) is 3.96. The minimum atomic E-state index is -0.442. The van der Waals surface area contributed by atoms with E-state index in [9.17, 15) is 4.79 Å². The van der Waals surface area contributed by atoms with Crippen LogP contribution >= 0.6 is 0 Å². The molecule has 1 aliphatic rings. The molecule has 0 unspecified atom stereocenters. The van der Waals surface area contributed by atoms with Gasteiger partial charge in [0, 0.05) is 31.5 Å². The van der Waals surface area contributed by atoms with Crippen LogP contribution < -0.4 is 20.3 Å². The van der Waals surface area contributed by atoms with E-state index in [1.165, 1.54) is 12.3 Å². The van der Waals surface area contributed by atoms with Crippen LogP contribution in [0.4, 0.5) is 5.82 Å². The van der Waals surface area contributed by atoms with E-state index in [2.05, 4.69) is 32.2 Å². The van der Waals surface area contributed by atoms with Gasteiger partial charge in [0.05, 0.1) is 19.3 Å². The topological polar surface area (TPSA) is 121 Å². The molecule has 3 aromatic rings. The summed E-state index contributed by atoms with van der Waals surface area (Å²) >= 11 is 0. The van der Waals surface area contributed by atoms with Crippen molar-refractivity contribution in [2.24, 2.45) is 0 Å². The number of carbonyl (C=O) groups is 1. The number of carbonyl (C=O) groups excluding carboxylic acids is 1. The van der Waals surface area contributed by atoms with Gasteiger partial charge >= 0.3 is 0 Å². The van der Waals surface area contributed by atoms with Crippen LogP contribution in [0.15, 0.2) is 49.6 Å². The molecule has 170 valence electrons. The third-order valence-electron chi connectivity index (χ3n) is 5.50. The van der Waals surface area contributed by atoms with Crippen molar-refractivity contribution in [2.45, 2.75) is 18.9 Å². The van der Waals surface area contributed by atoms with Crippen molar-refractivity contribution < 1.29 is 9.53 Å². The van der Waals surface area contributed by atoms with Gasteiger partial charge in [-0.25, -0.2) is 14.5 Å². The maximum Gasteiger partial charge on any atom is 0.262 e. The number of amides is 1. The molecule has 1 amide bonds. The molecule has 0 aliphatic carbocycles. The fraction of sp³-hybridized carbons (Fsp3) is 0.261. The number of rotatable bonds is 7. The summed E-state index contributed by atoms with van der Waals surface area (Å²) < 4.78 is 7.08. The highest BCUT2D eigenvalue weighted by molar-refractivity contribution is 6.11. The van der Waals surface area contributed by atoms with E-state index < -0.39 is 5.91 Å². The van der Waals surface area contributed by atoms with E-state index >= 15 is 0 Å². The number of amidine groups is 1. The maximum absolute atomic E-state index is 12.7. The molecule has 1 atom stereocenters. The molecule has 4 rings (SSSR count). The fourth-order valence-corrected chi connectivity index (χ4v) is 3.95. The molecule has 0 bridgehead atoms. The summed E-state index contributed by atoms with van der Waals surface area (Å²) in [6.45, 7) is 4.66. The number of hydrogen-bond acceptors (Lipinski definition) is 8. The van der Waals surface area contributed by atoms with Crippen LogP contribution in [-0.2, 0) is 0 Å². The molecule has 1 aliphatic heterocycles. The van der Waals surface area contributed by atoms with Crippen molar-refractivity contribution in [3.05, 3.63) is 66.3 Å². The van der Waals surface area contributed by atoms with Crippen LogP contribution in [0.3, 0.4) is 0 Å². The highest BCUT2D eigenvalue weighted by atomic mass is 16.5. The molecule has 1 fully saturated rings. The normalized spacial score (nSPS) is 15.7. The predicted octanol–water partition coefficient (Wildman–Crippen LogP) is 2.56. The zero-order valence-electron chi connectivity index (χ0n) is 18.6. The number of fused-ring (bicyclic) bond motifs is 1. The van der Waals surface area contributed by atoms with Crippen LogP contribution in [0, 0.1) is 5.41 Å². The second-order valence-corrected chi connectivity index (χ2v) is 7.52. The van der Waals surface area contributed by atoms with Gasteiger partial charge in [0.15, 0.2) is 5.65 Å². The summed E-state index contributed by atoms with van der Waals surface area (Å²) in [5.41, 5.74) is 2.62. The molecule has 1 saturated heterocycles. The molecule has 10 nitrogen and oxygen atoms in total. The third kappa shape index (κ3) is 4.40. The number of anilines is 1. The van der Waals surface area contributed by atoms with Gasteiger partial charge in [-0.05, 0) is 42.8 Å². The van der Waals surface area contributed by atoms with Crippen molar-refractivity contribution in [3.63, 3.8) is 0 Å². The number of nitrogens with one attached hydrogen (secondary N) is 3. The van der Waals surface area contributed by atoms with E-state index in [0.717, 1.165) is 36.3 Å². The first kappa shape index (κ1) is 22.0. The van der Waals surface area contributed by atoms with E-state index in [0.29, 0.717) is 17.1 Å². The number of methoxy groups -OCH3 is 1. The number of pyridine rings is 1. The predicted molar refractivity (Wildman–Crippen MR) is 127 cm³/mol. The quantitative estimate of drug-likeness (QED) is 0.377. The lowest BCUT2D eigenvalue weighted by atomic mass is 10.0. The Hall–Kier alpha value is -4.21. The summed E-state index contributed by atoms with van der Waals surface area (Å²) in [7, 11) is 3.33. The zero-order chi connectivity index (χ0) is 23.4. The first-order valence-corrected chi connectivity index (χ1v) is 10.6. The number of hydrogen-bond donors (Lipinski definition) is 3. The van der Waals surface area contributed by atoms with Gasteiger partial charge < -0.3 is 20.3 Å². The molecule has 0 spiro atoms. The third-order valence-corrected chi connectivity index (χ3v) is 5.50. The van der Waals surface area contributed by atoms with E-state index in [1.54, 1.807) is 43.3 Å². The molecular weight excluding hydrogens is 420 g/mol. The van der Waals surface area contributed by atoms with Gasteiger partial charge in [-0.3, -0.25) is 10.2 Å². The Balaban J connectivity index is 1.67. The highest BCUT2D eigenvalue weighted by Crippen LogP contribution is 2.39. The Morgan fingerprint density at radius 3 is 3.00 bits per heavy atom. The number of aromatic nitrogens is 4. The maximum atomic E-state index is 12.7. The van der Waals surface area contributed by atoms with Crippen LogP contribution in [-0.4, -0.2) is 52.0 Å².